The first kappa shape index (κ1) is 8.22. The quantitative estimate of drug-likeness (QED) is 0.624. The number of hydrogen-bond donors (Lipinski definition) is 3. The number of nitrogens with two attached hydrogens (primary N) is 2. The number of pyridine rings is 1. The van der Waals surface area contributed by atoms with Gasteiger partial charge in [-0.15, -0.1) is 0 Å². The van der Waals surface area contributed by atoms with E-state index in [1.165, 1.54) is 0 Å². The van der Waals surface area contributed by atoms with Crippen LogP contribution < -0.4 is 11.5 Å². The monoisotopic (exact) mass is 176 g/mol. The van der Waals surface area contributed by atoms with Gasteiger partial charge < -0.3 is 16.5 Å². The molecule has 2 heterocycles. The van der Waals surface area contributed by atoms with Crippen LogP contribution >= 0.6 is 0 Å². The first-order valence-electron chi connectivity index (χ1n) is 4.20. The molecule has 0 radical (unpaired) electrons. The highest BCUT2D eigenvalue weighted by molar-refractivity contribution is 5.75. The van der Waals surface area contributed by atoms with E-state index in [9.17, 15) is 0 Å². The predicted molar refractivity (Wildman–Crippen MR) is 52.1 cm³/mol. The fourth-order valence-corrected chi connectivity index (χ4v) is 1.30. The molecule has 0 spiro atoms. The molecule has 0 amide bonds. The Hall–Kier alpha value is -1.39. The molecule has 4 nitrogen and oxygen atoms in total. The Bertz CT molecular complexity index is 407. The smallest absolute Gasteiger partial charge is 0.137 e. The molecule has 2 aromatic rings. The van der Waals surface area contributed by atoms with Crippen molar-refractivity contribution < 1.29 is 0 Å². The summed E-state index contributed by atoms with van der Waals surface area (Å²) in [6.07, 6.45) is 3.62. The Balaban J connectivity index is 2.48. The van der Waals surface area contributed by atoms with Crippen molar-refractivity contribution in [1.82, 2.24) is 9.97 Å². The Morgan fingerprint density at radius 2 is 2.38 bits per heavy atom. The van der Waals surface area contributed by atoms with Crippen LogP contribution in [0.5, 0.6) is 0 Å². The van der Waals surface area contributed by atoms with Gasteiger partial charge in [0.15, 0.2) is 0 Å². The van der Waals surface area contributed by atoms with E-state index in [0.29, 0.717) is 6.54 Å². The molecule has 0 bridgehead atoms. The van der Waals surface area contributed by atoms with E-state index in [-0.39, 0.29) is 6.04 Å². The highest BCUT2D eigenvalue weighted by Crippen LogP contribution is 2.14. The fraction of sp³-hybridized carbons (Fsp3) is 0.222. The van der Waals surface area contributed by atoms with Crippen LogP contribution in [0.25, 0.3) is 11.0 Å². The van der Waals surface area contributed by atoms with Gasteiger partial charge in [0.1, 0.15) is 5.65 Å². The van der Waals surface area contributed by atoms with Crippen LogP contribution in [-0.2, 0) is 0 Å². The van der Waals surface area contributed by atoms with Crippen LogP contribution in [0.15, 0.2) is 24.5 Å². The van der Waals surface area contributed by atoms with E-state index in [2.05, 4.69) is 9.97 Å². The Kier molecular flexibility index (Phi) is 2.00. The molecule has 0 aliphatic rings. The summed E-state index contributed by atoms with van der Waals surface area (Å²) in [7, 11) is 0. The number of H-pyrrole nitrogens is 1. The SMILES string of the molecule is NC[C@@H](N)c1cnc2[nH]ccc2c1. The molecule has 13 heavy (non-hydrogen) atoms. The van der Waals surface area contributed by atoms with Crippen molar-refractivity contribution in [2.45, 2.75) is 6.04 Å². The minimum Gasteiger partial charge on any atom is -0.346 e. The zero-order chi connectivity index (χ0) is 9.26. The van der Waals surface area contributed by atoms with Gasteiger partial charge in [-0.1, -0.05) is 0 Å². The highest BCUT2D eigenvalue weighted by Gasteiger charge is 2.04. The number of rotatable bonds is 2. The van der Waals surface area contributed by atoms with Gasteiger partial charge >= 0.3 is 0 Å². The summed E-state index contributed by atoms with van der Waals surface area (Å²) < 4.78 is 0. The van der Waals surface area contributed by atoms with Gasteiger partial charge in [0, 0.05) is 30.4 Å². The maximum Gasteiger partial charge on any atom is 0.137 e. The molecule has 0 aromatic carbocycles. The van der Waals surface area contributed by atoms with Crippen molar-refractivity contribution in [2.24, 2.45) is 11.5 Å². The minimum absolute atomic E-state index is 0.119. The molecule has 0 saturated heterocycles. The standard InChI is InChI=1S/C9H12N4/c10-4-8(11)7-3-6-1-2-12-9(6)13-5-7/h1-3,5,8H,4,10-11H2,(H,12,13)/t8-/m1/s1. The molecular formula is C9H12N4. The summed E-state index contributed by atoms with van der Waals surface area (Å²) in [4.78, 5) is 7.24. The third kappa shape index (κ3) is 1.41. The molecule has 5 N–H and O–H groups in total. The number of aromatic amines is 1. The van der Waals surface area contributed by atoms with Gasteiger partial charge in [-0.05, 0) is 17.7 Å². The normalized spacial score (nSPS) is 13.4. The van der Waals surface area contributed by atoms with E-state index in [0.717, 1.165) is 16.6 Å². The third-order valence-corrected chi connectivity index (χ3v) is 2.10. The number of nitrogens with one attached hydrogen (secondary N) is 1. The number of nitrogens with zero attached hydrogens (tertiary/aromatic N) is 1. The lowest BCUT2D eigenvalue weighted by Gasteiger charge is -2.07. The topological polar surface area (TPSA) is 80.7 Å². The van der Waals surface area contributed by atoms with Gasteiger partial charge in [-0.25, -0.2) is 4.98 Å². The lowest BCUT2D eigenvalue weighted by Crippen LogP contribution is -2.20. The van der Waals surface area contributed by atoms with Gasteiger partial charge in [0.05, 0.1) is 0 Å². The number of hydrogen-bond acceptors (Lipinski definition) is 3. The highest BCUT2D eigenvalue weighted by atomic mass is 14.8. The largest absolute Gasteiger partial charge is 0.346 e. The number of fused-ring (bicyclic) bond motifs is 1. The second-order valence-corrected chi connectivity index (χ2v) is 3.03. The average molecular weight is 176 g/mol. The lowest BCUT2D eigenvalue weighted by atomic mass is 10.1. The van der Waals surface area contributed by atoms with Gasteiger partial charge in [0.25, 0.3) is 0 Å². The summed E-state index contributed by atoms with van der Waals surface area (Å²) in [6, 6.07) is 3.86. The summed E-state index contributed by atoms with van der Waals surface area (Å²) in [6.45, 7) is 0.442. The molecular weight excluding hydrogens is 164 g/mol. The minimum atomic E-state index is -0.119. The zero-order valence-electron chi connectivity index (χ0n) is 7.20. The number of aromatic nitrogens is 2. The fourth-order valence-electron chi connectivity index (χ4n) is 1.30. The molecule has 0 aliphatic carbocycles. The molecule has 1 atom stereocenters. The van der Waals surface area contributed by atoms with E-state index in [1.807, 2.05) is 18.3 Å². The molecule has 2 rings (SSSR count). The molecule has 2 aromatic heterocycles. The van der Waals surface area contributed by atoms with Gasteiger partial charge in [0.2, 0.25) is 0 Å². The van der Waals surface area contributed by atoms with Crippen molar-refractivity contribution in [3.8, 4) is 0 Å². The van der Waals surface area contributed by atoms with Crippen molar-refractivity contribution in [1.29, 1.82) is 0 Å². The van der Waals surface area contributed by atoms with Crippen molar-refractivity contribution in [3.63, 3.8) is 0 Å². The Labute approximate surface area is 76.0 Å². The summed E-state index contributed by atoms with van der Waals surface area (Å²) in [5.41, 5.74) is 13.1. The van der Waals surface area contributed by atoms with Crippen LogP contribution in [0.4, 0.5) is 0 Å². The van der Waals surface area contributed by atoms with Crippen LogP contribution in [0.1, 0.15) is 11.6 Å². The third-order valence-electron chi connectivity index (χ3n) is 2.10. The molecule has 0 fully saturated rings. The Morgan fingerprint density at radius 1 is 1.54 bits per heavy atom. The predicted octanol–water partition coefficient (Wildman–Crippen LogP) is 0.521. The van der Waals surface area contributed by atoms with Gasteiger partial charge in [-0.2, -0.15) is 0 Å². The molecule has 0 saturated carbocycles. The summed E-state index contributed by atoms with van der Waals surface area (Å²) in [5.74, 6) is 0. The van der Waals surface area contributed by atoms with Crippen molar-refractivity contribution in [2.75, 3.05) is 6.54 Å². The van der Waals surface area contributed by atoms with Crippen LogP contribution in [0, 0.1) is 0 Å². The van der Waals surface area contributed by atoms with E-state index in [4.69, 9.17) is 11.5 Å². The van der Waals surface area contributed by atoms with E-state index < -0.39 is 0 Å². The van der Waals surface area contributed by atoms with Crippen LogP contribution in [0.3, 0.4) is 0 Å². The van der Waals surface area contributed by atoms with Gasteiger partial charge in [-0.3, -0.25) is 0 Å². The average Bonchev–Trinajstić information content (AvgIpc) is 2.63. The second kappa shape index (κ2) is 3.16. The first-order valence-corrected chi connectivity index (χ1v) is 4.20. The molecule has 0 aliphatic heterocycles. The lowest BCUT2D eigenvalue weighted by molar-refractivity contribution is 0.735. The van der Waals surface area contributed by atoms with E-state index >= 15 is 0 Å². The second-order valence-electron chi connectivity index (χ2n) is 3.03. The maximum atomic E-state index is 5.78. The Morgan fingerprint density at radius 3 is 3.15 bits per heavy atom. The summed E-state index contributed by atoms with van der Waals surface area (Å²) >= 11 is 0. The molecule has 68 valence electrons. The first-order chi connectivity index (χ1) is 6.31. The van der Waals surface area contributed by atoms with Crippen molar-refractivity contribution in [3.05, 3.63) is 30.1 Å². The van der Waals surface area contributed by atoms with Crippen LogP contribution in [0.2, 0.25) is 0 Å². The van der Waals surface area contributed by atoms with Crippen molar-refractivity contribution >= 4 is 11.0 Å². The van der Waals surface area contributed by atoms with E-state index in [1.54, 1.807) is 6.20 Å². The maximum absolute atomic E-state index is 5.78. The zero-order valence-corrected chi connectivity index (χ0v) is 7.20. The molecule has 0 unspecified atom stereocenters. The molecule has 4 heteroatoms. The summed E-state index contributed by atoms with van der Waals surface area (Å²) in [5, 5.41) is 1.07. The van der Waals surface area contributed by atoms with Crippen LogP contribution in [-0.4, -0.2) is 16.5 Å².